The number of ether oxygens (including phenoxy) is 1. The smallest absolute Gasteiger partial charge is 0.420 e. The van der Waals surface area contributed by atoms with E-state index in [2.05, 4.69) is 0 Å². The number of hydrogen-bond donors (Lipinski definition) is 0. The van der Waals surface area contributed by atoms with Crippen molar-refractivity contribution in [3.63, 3.8) is 0 Å². The summed E-state index contributed by atoms with van der Waals surface area (Å²) in [5.41, 5.74) is 0.768. The summed E-state index contributed by atoms with van der Waals surface area (Å²) in [5, 5.41) is 0. The second kappa shape index (κ2) is 7.01. The van der Waals surface area contributed by atoms with Crippen molar-refractivity contribution >= 4 is 26.9 Å². The summed E-state index contributed by atoms with van der Waals surface area (Å²) in [6.07, 6.45) is 0. The number of ketones is 1. The summed E-state index contributed by atoms with van der Waals surface area (Å²) >= 11 is 0. The Morgan fingerprint density at radius 3 is 2.56 bits per heavy atom. The molecular formula is C18H18N2O6S. The van der Waals surface area contributed by atoms with Gasteiger partial charge in [0, 0.05) is 20.2 Å². The maximum atomic E-state index is 12.6. The fourth-order valence-electron chi connectivity index (χ4n) is 2.67. The third-order valence-corrected chi connectivity index (χ3v) is 5.94. The molecule has 0 bridgehead atoms. The van der Waals surface area contributed by atoms with Gasteiger partial charge in [-0.05, 0) is 24.3 Å². The summed E-state index contributed by atoms with van der Waals surface area (Å²) in [4.78, 5) is 24.8. The van der Waals surface area contributed by atoms with Gasteiger partial charge in [-0.15, -0.1) is 0 Å². The van der Waals surface area contributed by atoms with Gasteiger partial charge in [0.15, 0.2) is 11.4 Å². The molecule has 0 aliphatic rings. The Bertz CT molecular complexity index is 1170. The largest absolute Gasteiger partial charge is 0.496 e. The van der Waals surface area contributed by atoms with Crippen LogP contribution < -0.4 is 10.5 Å². The molecule has 0 aliphatic carbocycles. The molecule has 3 aromatic rings. The van der Waals surface area contributed by atoms with Crippen molar-refractivity contribution in [2.24, 2.45) is 0 Å². The lowest BCUT2D eigenvalue weighted by Gasteiger charge is -2.11. The third kappa shape index (κ3) is 3.38. The van der Waals surface area contributed by atoms with Crippen LogP contribution in [0.2, 0.25) is 0 Å². The lowest BCUT2D eigenvalue weighted by atomic mass is 10.1. The molecular weight excluding hydrogens is 372 g/mol. The maximum Gasteiger partial charge on any atom is 0.420 e. The lowest BCUT2D eigenvalue weighted by molar-refractivity contribution is 0.0967. The number of carbonyl (C=O) groups excluding carboxylic acids is 1. The van der Waals surface area contributed by atoms with Gasteiger partial charge in [0.1, 0.15) is 5.75 Å². The average Bonchev–Trinajstić information content (AvgIpc) is 2.96. The Labute approximate surface area is 155 Å². The van der Waals surface area contributed by atoms with Gasteiger partial charge in [-0.1, -0.05) is 12.1 Å². The average molecular weight is 390 g/mol. The van der Waals surface area contributed by atoms with Crippen LogP contribution in [-0.4, -0.2) is 44.3 Å². The Morgan fingerprint density at radius 2 is 1.89 bits per heavy atom. The van der Waals surface area contributed by atoms with Gasteiger partial charge in [0.25, 0.3) is 0 Å². The van der Waals surface area contributed by atoms with E-state index in [1.54, 1.807) is 24.3 Å². The van der Waals surface area contributed by atoms with Crippen molar-refractivity contribution in [2.45, 2.75) is 11.4 Å². The van der Waals surface area contributed by atoms with Crippen molar-refractivity contribution in [2.75, 3.05) is 21.2 Å². The van der Waals surface area contributed by atoms with E-state index in [-0.39, 0.29) is 22.8 Å². The minimum absolute atomic E-state index is 0.00282. The first-order chi connectivity index (χ1) is 12.8. The second-order valence-corrected chi connectivity index (χ2v) is 8.15. The molecule has 0 saturated carbocycles. The fourth-order valence-corrected chi connectivity index (χ4v) is 3.59. The Kier molecular flexibility index (Phi) is 4.90. The molecule has 0 aliphatic heterocycles. The molecule has 0 atom stereocenters. The number of nitrogens with zero attached hydrogens (tertiary/aromatic N) is 2. The lowest BCUT2D eigenvalue weighted by Crippen LogP contribution is -2.22. The maximum absolute atomic E-state index is 12.6. The molecule has 9 heteroatoms. The van der Waals surface area contributed by atoms with E-state index in [1.165, 1.54) is 39.4 Å². The van der Waals surface area contributed by atoms with Crippen LogP contribution in [0.1, 0.15) is 10.4 Å². The molecule has 27 heavy (non-hydrogen) atoms. The molecule has 0 saturated heterocycles. The van der Waals surface area contributed by atoms with Gasteiger partial charge >= 0.3 is 5.76 Å². The molecule has 0 unspecified atom stereocenters. The van der Waals surface area contributed by atoms with E-state index < -0.39 is 15.8 Å². The number of rotatable bonds is 6. The van der Waals surface area contributed by atoms with Crippen molar-refractivity contribution in [1.82, 2.24) is 8.87 Å². The zero-order chi connectivity index (χ0) is 19.8. The highest BCUT2D eigenvalue weighted by Crippen LogP contribution is 2.22. The molecule has 0 spiro atoms. The number of benzene rings is 2. The zero-order valence-corrected chi connectivity index (χ0v) is 15.8. The first-order valence-corrected chi connectivity index (χ1v) is 9.42. The minimum Gasteiger partial charge on any atom is -0.496 e. The standard InChI is InChI=1S/C18H18N2O6S/c1-19(2)27(23,24)12-8-9-14-17(10-12)26-18(22)20(14)11-15(21)13-6-4-5-7-16(13)25-3/h4-10H,11H2,1-3H3. The van der Waals surface area contributed by atoms with Crippen LogP contribution in [-0.2, 0) is 16.6 Å². The summed E-state index contributed by atoms with van der Waals surface area (Å²) in [7, 11) is 0.607. The third-order valence-electron chi connectivity index (χ3n) is 4.13. The first-order valence-electron chi connectivity index (χ1n) is 7.98. The minimum atomic E-state index is -3.67. The van der Waals surface area contributed by atoms with E-state index in [9.17, 15) is 18.0 Å². The number of carbonyl (C=O) groups is 1. The van der Waals surface area contributed by atoms with Gasteiger partial charge in [0.2, 0.25) is 10.0 Å². The molecule has 2 aromatic carbocycles. The van der Waals surface area contributed by atoms with Crippen LogP contribution in [0.5, 0.6) is 5.75 Å². The van der Waals surface area contributed by atoms with Crippen molar-refractivity contribution in [3.8, 4) is 5.75 Å². The molecule has 8 nitrogen and oxygen atoms in total. The number of para-hydroxylation sites is 1. The van der Waals surface area contributed by atoms with Gasteiger partial charge in [-0.25, -0.2) is 17.5 Å². The number of Topliss-reactive ketones (excluding diaryl/α,β-unsaturated/α-hetero) is 1. The van der Waals surface area contributed by atoms with E-state index in [0.29, 0.717) is 16.8 Å². The predicted octanol–water partition coefficient (Wildman–Crippen LogP) is 1.74. The van der Waals surface area contributed by atoms with Gasteiger partial charge < -0.3 is 9.15 Å². The van der Waals surface area contributed by atoms with Crippen LogP contribution >= 0.6 is 0 Å². The summed E-state index contributed by atoms with van der Waals surface area (Å²) in [6, 6.07) is 10.8. The molecule has 0 amide bonds. The van der Waals surface area contributed by atoms with Crippen LogP contribution in [0.25, 0.3) is 11.1 Å². The van der Waals surface area contributed by atoms with Crippen LogP contribution in [0.4, 0.5) is 0 Å². The van der Waals surface area contributed by atoms with Gasteiger partial charge in [0.05, 0.1) is 29.6 Å². The molecule has 3 rings (SSSR count). The molecule has 0 N–H and O–H groups in total. The summed E-state index contributed by atoms with van der Waals surface area (Å²) in [6.45, 7) is -0.258. The first kappa shape index (κ1) is 18.9. The Hall–Kier alpha value is -2.91. The van der Waals surface area contributed by atoms with Gasteiger partial charge in [-0.3, -0.25) is 9.36 Å². The second-order valence-electron chi connectivity index (χ2n) is 5.99. The number of hydrogen-bond acceptors (Lipinski definition) is 6. The summed E-state index contributed by atoms with van der Waals surface area (Å²) < 4.78 is 37.0. The number of fused-ring (bicyclic) bond motifs is 1. The van der Waals surface area contributed by atoms with Crippen molar-refractivity contribution < 1.29 is 22.4 Å². The highest BCUT2D eigenvalue weighted by atomic mass is 32.2. The topological polar surface area (TPSA) is 98.8 Å². The normalized spacial score (nSPS) is 11.9. The SMILES string of the molecule is COc1ccccc1C(=O)Cn1c(=O)oc2cc(S(=O)(=O)N(C)C)ccc21. The van der Waals surface area contributed by atoms with E-state index in [1.807, 2.05) is 0 Å². The van der Waals surface area contributed by atoms with E-state index in [0.717, 1.165) is 8.87 Å². The Morgan fingerprint density at radius 1 is 1.19 bits per heavy atom. The molecule has 1 heterocycles. The fraction of sp³-hybridized carbons (Fsp3) is 0.222. The number of sulfonamides is 1. The molecule has 142 valence electrons. The predicted molar refractivity (Wildman–Crippen MR) is 98.7 cm³/mol. The highest BCUT2D eigenvalue weighted by Gasteiger charge is 2.21. The van der Waals surface area contributed by atoms with E-state index in [4.69, 9.17) is 9.15 Å². The Balaban J connectivity index is 2.02. The number of methoxy groups -OCH3 is 1. The van der Waals surface area contributed by atoms with Crippen LogP contribution in [0.3, 0.4) is 0 Å². The van der Waals surface area contributed by atoms with E-state index >= 15 is 0 Å². The van der Waals surface area contributed by atoms with Crippen molar-refractivity contribution in [3.05, 3.63) is 58.6 Å². The van der Waals surface area contributed by atoms with Gasteiger partial charge in [-0.2, -0.15) is 0 Å². The zero-order valence-electron chi connectivity index (χ0n) is 15.0. The monoisotopic (exact) mass is 390 g/mol. The van der Waals surface area contributed by atoms with Crippen LogP contribution in [0, 0.1) is 0 Å². The van der Waals surface area contributed by atoms with Crippen LogP contribution in [0.15, 0.2) is 56.6 Å². The number of oxazole rings is 1. The molecule has 1 aromatic heterocycles. The molecule has 0 fully saturated rings. The summed E-state index contributed by atoms with van der Waals surface area (Å²) in [5.74, 6) is -0.669. The highest BCUT2D eigenvalue weighted by molar-refractivity contribution is 7.89. The quantitative estimate of drug-likeness (QED) is 0.595. The van der Waals surface area contributed by atoms with Crippen molar-refractivity contribution in [1.29, 1.82) is 0 Å². The molecule has 0 radical (unpaired) electrons. The number of aromatic nitrogens is 1.